The van der Waals surface area contributed by atoms with Gasteiger partial charge in [0.2, 0.25) is 5.91 Å². The monoisotopic (exact) mass is 542 g/mol. The number of rotatable bonds is 7. The summed E-state index contributed by atoms with van der Waals surface area (Å²) in [6.07, 6.45) is -0.894. The van der Waals surface area contributed by atoms with Crippen molar-refractivity contribution in [2.45, 2.75) is 44.9 Å². The number of nitrogens with zero attached hydrogens (tertiary/aromatic N) is 3. The predicted molar refractivity (Wildman–Crippen MR) is 147 cm³/mol. The van der Waals surface area contributed by atoms with E-state index in [0.29, 0.717) is 16.5 Å². The number of hydrogen-bond acceptors (Lipinski definition) is 5. The van der Waals surface area contributed by atoms with Crippen LogP contribution in [0.15, 0.2) is 60.7 Å². The molecule has 1 saturated heterocycles. The molecular formula is C31H28F2N4O3. The molecule has 0 unspecified atom stereocenters. The topological polar surface area (TPSA) is 84.3 Å². The Bertz CT molecular complexity index is 1660. The third-order valence-electron chi connectivity index (χ3n) is 7.79. The summed E-state index contributed by atoms with van der Waals surface area (Å²) < 4.78 is 31.6. The molecule has 2 atom stereocenters. The highest BCUT2D eigenvalue weighted by Gasteiger charge is 2.40. The van der Waals surface area contributed by atoms with Gasteiger partial charge in [-0.25, -0.2) is 8.78 Å². The van der Waals surface area contributed by atoms with Crippen LogP contribution in [0.2, 0.25) is 0 Å². The zero-order chi connectivity index (χ0) is 28.0. The molecule has 7 nitrogen and oxygen atoms in total. The first-order chi connectivity index (χ1) is 19.3. The Kier molecular flexibility index (Phi) is 6.65. The standard InChI is InChI=1S/C31H28F2N4O3/c1-18(38)31-24-6-2-3-8-26(24)37(35-31)17-29(40)36-16-22(32)15-27(36)28(39)14-21-5-4-7-23(30(21)33)19-9-10-25-20(13-19)11-12-34-25/h2-10,13,22,27,34H,11-12,14-17H2,1H3/t22-,27+/m1/s1. The van der Waals surface area contributed by atoms with E-state index < -0.39 is 29.7 Å². The molecule has 0 radical (unpaired) electrons. The number of alkyl halides is 1. The number of hydrogen-bond donors (Lipinski definition) is 1. The van der Waals surface area contributed by atoms with Crippen LogP contribution in [0.3, 0.4) is 0 Å². The minimum atomic E-state index is -1.36. The molecule has 6 rings (SSSR count). The summed E-state index contributed by atoms with van der Waals surface area (Å²) in [7, 11) is 0. The van der Waals surface area contributed by atoms with Gasteiger partial charge in [-0.15, -0.1) is 0 Å². The van der Waals surface area contributed by atoms with Crippen LogP contribution < -0.4 is 5.32 Å². The molecule has 0 bridgehead atoms. The van der Waals surface area contributed by atoms with Crippen molar-refractivity contribution >= 4 is 34.1 Å². The summed E-state index contributed by atoms with van der Waals surface area (Å²) in [6, 6.07) is 16.7. The molecule has 40 heavy (non-hydrogen) atoms. The van der Waals surface area contributed by atoms with E-state index in [1.54, 1.807) is 42.5 Å². The van der Waals surface area contributed by atoms with E-state index in [9.17, 15) is 18.8 Å². The number of benzene rings is 3. The average molecular weight is 543 g/mol. The summed E-state index contributed by atoms with van der Waals surface area (Å²) in [5.41, 5.74) is 4.34. The van der Waals surface area contributed by atoms with Crippen molar-refractivity contribution in [2.75, 3.05) is 18.4 Å². The quantitative estimate of drug-likeness (QED) is 0.341. The van der Waals surface area contributed by atoms with Crippen LogP contribution in [-0.2, 0) is 29.0 Å². The SMILES string of the molecule is CC(=O)c1nn(CC(=O)N2C[C@H](F)C[C@H]2C(=O)Cc2cccc(-c3ccc4c(c3)CCN4)c2F)c2ccccc12. The van der Waals surface area contributed by atoms with Crippen LogP contribution in [0.5, 0.6) is 0 Å². The number of likely N-dealkylation sites (tertiary alicyclic amines) is 1. The number of ketones is 2. The Morgan fingerprint density at radius 3 is 2.73 bits per heavy atom. The van der Waals surface area contributed by atoms with Crippen LogP contribution in [-0.4, -0.2) is 57.5 Å². The van der Waals surface area contributed by atoms with Crippen molar-refractivity contribution in [2.24, 2.45) is 0 Å². The predicted octanol–water partition coefficient (Wildman–Crippen LogP) is 4.76. The summed E-state index contributed by atoms with van der Waals surface area (Å²) in [4.78, 5) is 40.0. The third kappa shape index (κ3) is 4.65. The maximum Gasteiger partial charge on any atom is 0.245 e. The lowest BCUT2D eigenvalue weighted by molar-refractivity contribution is -0.138. The van der Waals surface area contributed by atoms with Crippen LogP contribution in [0.1, 0.15) is 35.0 Å². The Balaban J connectivity index is 1.22. The highest BCUT2D eigenvalue weighted by Crippen LogP contribution is 2.32. The molecule has 3 aromatic carbocycles. The molecule has 1 amide bonds. The first-order valence-electron chi connectivity index (χ1n) is 13.4. The fourth-order valence-electron chi connectivity index (χ4n) is 5.81. The van der Waals surface area contributed by atoms with Gasteiger partial charge >= 0.3 is 0 Å². The zero-order valence-electron chi connectivity index (χ0n) is 22.0. The van der Waals surface area contributed by atoms with E-state index in [1.807, 2.05) is 18.2 Å². The van der Waals surface area contributed by atoms with Crippen LogP contribution in [0, 0.1) is 5.82 Å². The lowest BCUT2D eigenvalue weighted by Gasteiger charge is -2.23. The van der Waals surface area contributed by atoms with Crippen molar-refractivity contribution in [3.63, 3.8) is 0 Å². The molecular weight excluding hydrogens is 514 g/mol. The van der Waals surface area contributed by atoms with Gasteiger partial charge in [0.15, 0.2) is 11.6 Å². The number of Topliss-reactive ketones (excluding diaryl/α,β-unsaturated/α-hetero) is 2. The zero-order valence-corrected chi connectivity index (χ0v) is 22.0. The van der Waals surface area contributed by atoms with Crippen LogP contribution >= 0.6 is 0 Å². The summed E-state index contributed by atoms with van der Waals surface area (Å²) in [6.45, 7) is 1.77. The summed E-state index contributed by atoms with van der Waals surface area (Å²) in [5, 5.41) is 8.22. The molecule has 1 N–H and O–H groups in total. The average Bonchev–Trinajstić information content (AvgIpc) is 3.66. The Morgan fingerprint density at radius 1 is 1.07 bits per heavy atom. The molecule has 4 aromatic rings. The minimum Gasteiger partial charge on any atom is -0.384 e. The lowest BCUT2D eigenvalue weighted by atomic mass is 9.95. The largest absolute Gasteiger partial charge is 0.384 e. The van der Waals surface area contributed by atoms with E-state index in [0.717, 1.165) is 29.8 Å². The number of nitrogens with one attached hydrogen (secondary N) is 1. The van der Waals surface area contributed by atoms with Gasteiger partial charge in [-0.05, 0) is 41.3 Å². The molecule has 3 heterocycles. The van der Waals surface area contributed by atoms with Crippen molar-refractivity contribution in [3.8, 4) is 11.1 Å². The lowest BCUT2D eigenvalue weighted by Crippen LogP contribution is -2.43. The maximum absolute atomic E-state index is 15.6. The molecule has 2 aliphatic heterocycles. The highest BCUT2D eigenvalue weighted by atomic mass is 19.1. The second-order valence-corrected chi connectivity index (χ2v) is 10.4. The normalized spacial score (nSPS) is 18.1. The second kappa shape index (κ2) is 10.3. The first kappa shape index (κ1) is 25.9. The van der Waals surface area contributed by atoms with E-state index >= 15 is 4.39 Å². The van der Waals surface area contributed by atoms with Gasteiger partial charge in [0, 0.05) is 42.9 Å². The number of anilines is 1. The van der Waals surface area contributed by atoms with Crippen LogP contribution in [0.4, 0.5) is 14.5 Å². The number of amides is 1. The Morgan fingerprint density at radius 2 is 1.90 bits per heavy atom. The van der Waals surface area contributed by atoms with E-state index in [4.69, 9.17) is 0 Å². The number of fused-ring (bicyclic) bond motifs is 2. The van der Waals surface area contributed by atoms with Crippen molar-refractivity contribution < 1.29 is 23.2 Å². The summed E-state index contributed by atoms with van der Waals surface area (Å²) >= 11 is 0. The maximum atomic E-state index is 15.6. The fraction of sp³-hybridized carbons (Fsp3) is 0.290. The van der Waals surface area contributed by atoms with Gasteiger partial charge in [0.1, 0.15) is 24.2 Å². The molecule has 0 aliphatic carbocycles. The van der Waals surface area contributed by atoms with E-state index in [1.165, 1.54) is 16.5 Å². The summed E-state index contributed by atoms with van der Waals surface area (Å²) in [5.74, 6) is -1.63. The smallest absolute Gasteiger partial charge is 0.245 e. The highest BCUT2D eigenvalue weighted by molar-refractivity contribution is 6.05. The Labute approximate surface area is 229 Å². The minimum absolute atomic E-state index is 0.137. The molecule has 0 saturated carbocycles. The van der Waals surface area contributed by atoms with Gasteiger partial charge in [-0.2, -0.15) is 5.10 Å². The third-order valence-corrected chi connectivity index (χ3v) is 7.79. The number of carbonyl (C=O) groups excluding carboxylic acids is 3. The van der Waals surface area contributed by atoms with Gasteiger partial charge in [0.05, 0.1) is 18.1 Å². The fourth-order valence-corrected chi connectivity index (χ4v) is 5.81. The van der Waals surface area contributed by atoms with Gasteiger partial charge in [-0.3, -0.25) is 19.1 Å². The second-order valence-electron chi connectivity index (χ2n) is 10.4. The van der Waals surface area contributed by atoms with Gasteiger partial charge in [0.25, 0.3) is 0 Å². The van der Waals surface area contributed by atoms with E-state index in [2.05, 4.69) is 10.4 Å². The molecule has 1 fully saturated rings. The number of carbonyl (C=O) groups is 3. The molecule has 9 heteroatoms. The molecule has 1 aromatic heterocycles. The van der Waals surface area contributed by atoms with Gasteiger partial charge in [-0.1, -0.05) is 42.5 Å². The van der Waals surface area contributed by atoms with Crippen molar-refractivity contribution in [1.82, 2.24) is 14.7 Å². The molecule has 2 aliphatic rings. The first-order valence-corrected chi connectivity index (χ1v) is 13.4. The number of halogens is 2. The Hall–Kier alpha value is -4.40. The van der Waals surface area contributed by atoms with Gasteiger partial charge < -0.3 is 10.2 Å². The number of aromatic nitrogens is 2. The molecule has 204 valence electrons. The van der Waals surface area contributed by atoms with E-state index in [-0.39, 0.29) is 43.0 Å². The van der Waals surface area contributed by atoms with Crippen LogP contribution in [0.25, 0.3) is 22.0 Å². The van der Waals surface area contributed by atoms with Crippen molar-refractivity contribution in [3.05, 3.63) is 83.3 Å². The number of para-hydroxylation sites is 1. The van der Waals surface area contributed by atoms with Crippen molar-refractivity contribution in [1.29, 1.82) is 0 Å². The molecule has 0 spiro atoms.